The zero-order chi connectivity index (χ0) is 25.6. The van der Waals surface area contributed by atoms with Crippen molar-refractivity contribution in [3.05, 3.63) is 95.7 Å². The molecule has 0 N–H and O–H groups in total. The molecule has 0 spiro atoms. The van der Waals surface area contributed by atoms with Gasteiger partial charge in [-0.2, -0.15) is 13.5 Å². The molecule has 7 nitrogen and oxygen atoms in total. The number of Topliss-reactive ketones (excluding diaryl/α,β-unsaturated/α-hetero) is 1. The first kappa shape index (κ1) is 23.7. The van der Waals surface area contributed by atoms with E-state index in [1.165, 1.54) is 11.1 Å². The van der Waals surface area contributed by atoms with Gasteiger partial charge >= 0.3 is 0 Å². The minimum absolute atomic E-state index is 0.0227. The topological polar surface area (TPSA) is 84.6 Å². The van der Waals surface area contributed by atoms with Crippen LogP contribution in [-0.2, 0) is 27.7 Å². The number of sulfonamides is 1. The first-order chi connectivity index (χ1) is 17.9. The van der Waals surface area contributed by atoms with Crippen LogP contribution in [0, 0.1) is 6.92 Å². The number of nitrogens with zero attached hydrogens (tertiary/aromatic N) is 4. The number of carbonyl (C=O) groups excluding carboxylic acids is 1. The molecule has 0 atom stereocenters. The maximum atomic E-state index is 13.2. The van der Waals surface area contributed by atoms with E-state index in [9.17, 15) is 13.2 Å². The zero-order valence-corrected chi connectivity index (χ0v) is 21.8. The summed E-state index contributed by atoms with van der Waals surface area (Å²) in [5.41, 5.74) is 7.26. The molecule has 1 aromatic heterocycles. The van der Waals surface area contributed by atoms with Gasteiger partial charge in [-0.1, -0.05) is 54.2 Å². The third-order valence-electron chi connectivity index (χ3n) is 6.73. The second kappa shape index (κ2) is 9.32. The Hall–Kier alpha value is -3.69. The van der Waals surface area contributed by atoms with E-state index in [1.54, 1.807) is 29.2 Å². The molecule has 1 fully saturated rings. The Morgan fingerprint density at radius 2 is 1.62 bits per heavy atom. The van der Waals surface area contributed by atoms with Gasteiger partial charge in [-0.15, -0.1) is 4.40 Å². The van der Waals surface area contributed by atoms with Gasteiger partial charge in [0.25, 0.3) is 10.0 Å². The summed E-state index contributed by atoms with van der Waals surface area (Å²) in [4.78, 5) is 13.8. The summed E-state index contributed by atoms with van der Waals surface area (Å²) in [6, 6.07) is 24.2. The van der Waals surface area contributed by atoms with Crippen LogP contribution in [0.4, 0.5) is 5.69 Å². The van der Waals surface area contributed by atoms with Crippen molar-refractivity contribution in [2.75, 3.05) is 17.2 Å². The number of aromatic nitrogens is 2. The molecule has 1 aliphatic heterocycles. The normalized spacial score (nSPS) is 16.5. The minimum atomic E-state index is -3.99. The number of amidine groups is 1. The average Bonchev–Trinajstić information content (AvgIpc) is 3.27. The highest BCUT2D eigenvalue weighted by Gasteiger charge is 2.27. The predicted octanol–water partition coefficient (Wildman–Crippen LogP) is 4.81. The van der Waals surface area contributed by atoms with Crippen LogP contribution in [0.2, 0.25) is 0 Å². The van der Waals surface area contributed by atoms with Crippen LogP contribution in [0.3, 0.4) is 0 Å². The maximum Gasteiger partial charge on any atom is 0.284 e. The van der Waals surface area contributed by atoms with Crippen LogP contribution in [-0.4, -0.2) is 41.4 Å². The number of carbonyl (C=O) groups is 1. The number of hydrogen-bond acceptors (Lipinski definition) is 5. The number of para-hydroxylation sites is 1. The summed E-state index contributed by atoms with van der Waals surface area (Å²) in [6.07, 6.45) is 1.91. The van der Waals surface area contributed by atoms with E-state index in [-0.39, 0.29) is 23.0 Å². The van der Waals surface area contributed by atoms with Crippen molar-refractivity contribution in [1.29, 1.82) is 0 Å². The fourth-order valence-electron chi connectivity index (χ4n) is 4.84. The molecule has 2 heterocycles. The summed E-state index contributed by atoms with van der Waals surface area (Å²) in [5, 5.41) is 5.19. The van der Waals surface area contributed by atoms with Gasteiger partial charge in [0.05, 0.1) is 28.6 Å². The van der Waals surface area contributed by atoms with Crippen LogP contribution in [0.15, 0.2) is 88.2 Å². The van der Waals surface area contributed by atoms with Crippen LogP contribution in [0.5, 0.6) is 0 Å². The Bertz CT molecular complexity index is 1640. The molecule has 0 bridgehead atoms. The third kappa shape index (κ3) is 4.38. The fraction of sp³-hybridized carbons (Fsp3) is 0.179. The number of thioether (sulfide) groups is 1. The first-order valence-electron chi connectivity index (χ1n) is 12.0. The summed E-state index contributed by atoms with van der Waals surface area (Å²) < 4.78 is 32.5. The lowest BCUT2D eigenvalue weighted by Crippen LogP contribution is -2.40. The number of fused-ring (bicyclic) bond motifs is 3. The van der Waals surface area contributed by atoms with Crippen LogP contribution in [0.25, 0.3) is 16.9 Å². The van der Waals surface area contributed by atoms with Gasteiger partial charge in [0.2, 0.25) is 0 Å². The molecule has 37 heavy (non-hydrogen) atoms. The lowest BCUT2D eigenvalue weighted by Gasteiger charge is -2.28. The fourth-order valence-corrected chi connectivity index (χ4v) is 6.95. The summed E-state index contributed by atoms with van der Waals surface area (Å²) in [6.45, 7) is 2.15. The molecule has 186 valence electrons. The van der Waals surface area contributed by atoms with Gasteiger partial charge in [-0.25, -0.2) is 4.68 Å². The zero-order valence-electron chi connectivity index (χ0n) is 20.2. The predicted molar refractivity (Wildman–Crippen MR) is 147 cm³/mol. The maximum absolute atomic E-state index is 13.2. The highest BCUT2D eigenvalue weighted by atomic mass is 32.2. The number of aryl methyl sites for hydroxylation is 1. The Labute approximate surface area is 219 Å². The number of anilines is 1. The second-order valence-electron chi connectivity index (χ2n) is 9.07. The lowest BCUT2D eigenvalue weighted by atomic mass is 9.89. The molecule has 0 unspecified atom stereocenters. The first-order valence-corrected chi connectivity index (χ1v) is 14.4. The molecule has 6 rings (SSSR count). The third-order valence-corrected chi connectivity index (χ3v) is 9.16. The van der Waals surface area contributed by atoms with Crippen molar-refractivity contribution in [3.8, 4) is 16.9 Å². The van der Waals surface area contributed by atoms with E-state index in [0.29, 0.717) is 5.17 Å². The van der Waals surface area contributed by atoms with E-state index < -0.39 is 10.0 Å². The SMILES string of the molecule is Cc1c2c(nn1-c1ccc(S(=O)(=O)/N=C3\SCC(=O)CN3c3ccccc3)cc1)-c1ccccc1CC2. The Morgan fingerprint density at radius 3 is 2.41 bits per heavy atom. The van der Waals surface area contributed by atoms with Crippen LogP contribution in [0.1, 0.15) is 16.8 Å². The minimum Gasteiger partial charge on any atom is -0.313 e. The standard InChI is InChI=1S/C28H24N4O3S2/c1-19-25-16-11-20-7-5-6-10-26(20)27(25)29-32(19)22-12-14-24(15-13-22)37(34,35)30-28-31(17-23(33)18-36-28)21-8-3-2-4-9-21/h2-10,12-15H,11,16-18H2,1H3/b30-28-. The quantitative estimate of drug-likeness (QED) is 0.378. The molecule has 2 aliphatic rings. The molecular formula is C28H24N4O3S2. The van der Waals surface area contributed by atoms with Crippen molar-refractivity contribution in [3.63, 3.8) is 0 Å². The summed E-state index contributed by atoms with van der Waals surface area (Å²) in [5.74, 6) is 0.220. The average molecular weight is 529 g/mol. The summed E-state index contributed by atoms with van der Waals surface area (Å²) in [7, 11) is -3.99. The van der Waals surface area contributed by atoms with Crippen molar-refractivity contribution < 1.29 is 13.2 Å². The van der Waals surface area contributed by atoms with E-state index in [2.05, 4.69) is 29.5 Å². The van der Waals surface area contributed by atoms with Gasteiger partial charge in [-0.05, 0) is 61.7 Å². The number of hydrogen-bond donors (Lipinski definition) is 0. The van der Waals surface area contributed by atoms with Gasteiger partial charge in [0.1, 0.15) is 0 Å². The van der Waals surface area contributed by atoms with Crippen molar-refractivity contribution >= 4 is 38.4 Å². The van der Waals surface area contributed by atoms with E-state index >= 15 is 0 Å². The molecular weight excluding hydrogens is 504 g/mol. The van der Waals surface area contributed by atoms with E-state index in [1.807, 2.05) is 41.1 Å². The molecule has 1 aliphatic carbocycles. The molecule has 0 amide bonds. The molecule has 0 radical (unpaired) electrons. The molecule has 0 saturated carbocycles. The van der Waals surface area contributed by atoms with Crippen molar-refractivity contribution in [2.45, 2.75) is 24.7 Å². The van der Waals surface area contributed by atoms with Gasteiger partial charge in [0.15, 0.2) is 11.0 Å². The monoisotopic (exact) mass is 528 g/mol. The second-order valence-corrected chi connectivity index (χ2v) is 11.6. The smallest absolute Gasteiger partial charge is 0.284 e. The van der Waals surface area contributed by atoms with Gasteiger partial charge in [-0.3, -0.25) is 4.79 Å². The Morgan fingerprint density at radius 1 is 0.892 bits per heavy atom. The number of benzene rings is 3. The van der Waals surface area contributed by atoms with E-state index in [0.717, 1.165) is 52.9 Å². The summed E-state index contributed by atoms with van der Waals surface area (Å²) >= 11 is 1.14. The number of ketones is 1. The highest BCUT2D eigenvalue weighted by molar-refractivity contribution is 8.15. The molecule has 1 saturated heterocycles. The van der Waals surface area contributed by atoms with Crippen LogP contribution >= 0.6 is 11.8 Å². The van der Waals surface area contributed by atoms with E-state index in [4.69, 9.17) is 5.10 Å². The van der Waals surface area contributed by atoms with Crippen LogP contribution < -0.4 is 4.90 Å². The highest BCUT2D eigenvalue weighted by Crippen LogP contribution is 2.35. The lowest BCUT2D eigenvalue weighted by molar-refractivity contribution is -0.115. The Kier molecular flexibility index (Phi) is 5.97. The van der Waals surface area contributed by atoms with Gasteiger partial charge in [0, 0.05) is 22.5 Å². The largest absolute Gasteiger partial charge is 0.313 e. The molecule has 3 aromatic carbocycles. The van der Waals surface area contributed by atoms with Crippen molar-refractivity contribution in [2.24, 2.45) is 4.40 Å². The molecule has 9 heteroatoms. The molecule has 4 aromatic rings. The van der Waals surface area contributed by atoms with Crippen molar-refractivity contribution in [1.82, 2.24) is 9.78 Å². The van der Waals surface area contributed by atoms with Gasteiger partial charge < -0.3 is 4.90 Å². The number of rotatable bonds is 4. The Balaban J connectivity index is 1.32.